The molecule has 1 aromatic rings. The maximum absolute atomic E-state index is 13.9. The van der Waals surface area contributed by atoms with E-state index in [0.29, 0.717) is 19.3 Å². The maximum atomic E-state index is 13.9. The van der Waals surface area contributed by atoms with Gasteiger partial charge in [0.1, 0.15) is 36.3 Å². The molecular weight excluding hydrogens is 650 g/mol. The summed E-state index contributed by atoms with van der Waals surface area (Å²) in [5.41, 5.74) is 11.6. The summed E-state index contributed by atoms with van der Waals surface area (Å²) >= 11 is 4.27. The molecule has 49 heavy (non-hydrogen) atoms. The van der Waals surface area contributed by atoms with Gasteiger partial charge in [-0.3, -0.25) is 33.8 Å². The molecule has 6 amide bonds. The third-order valence-corrected chi connectivity index (χ3v) is 9.01. The van der Waals surface area contributed by atoms with Gasteiger partial charge in [0.25, 0.3) is 0 Å². The number of nitrogens with zero attached hydrogens (tertiary/aromatic N) is 1. The van der Waals surface area contributed by atoms with Crippen LogP contribution in [0.15, 0.2) is 35.3 Å². The van der Waals surface area contributed by atoms with Crippen molar-refractivity contribution in [1.29, 1.82) is 0 Å². The van der Waals surface area contributed by atoms with Gasteiger partial charge in [-0.15, -0.1) is 0 Å². The molecule has 15 nitrogen and oxygen atoms in total. The number of hydrogen-bond donors (Lipinski definition) is 9. The van der Waals surface area contributed by atoms with Gasteiger partial charge in [-0.2, -0.15) is 12.6 Å². The number of carbonyl (C=O) groups excluding carboxylic acids is 6. The summed E-state index contributed by atoms with van der Waals surface area (Å²) < 4.78 is 0. The van der Waals surface area contributed by atoms with E-state index < -0.39 is 71.7 Å². The molecule has 1 saturated heterocycles. The Morgan fingerprint density at radius 2 is 1.20 bits per heavy atom. The SMILES string of the molecule is CC[C@H](C)[C@@H]1NC(=O)[C@H](C)NC(=O)[C@H](CCCN=C(N)N)NC(=O)[C@H](CS)NC(=O)[C@H](Cc2ccccc2)NC(=O)[C@H]([C@@H](C)CC)NC1=O. The van der Waals surface area contributed by atoms with Crippen LogP contribution < -0.4 is 43.4 Å². The predicted molar refractivity (Wildman–Crippen MR) is 190 cm³/mol. The number of hydrogen-bond acceptors (Lipinski definition) is 8. The molecule has 8 atom stereocenters. The molecule has 0 aromatic heterocycles. The fraction of sp³-hybridized carbons (Fsp3) is 0.606. The Bertz CT molecular complexity index is 1330. The quantitative estimate of drug-likeness (QED) is 0.0614. The lowest BCUT2D eigenvalue weighted by molar-refractivity contribution is -0.137. The molecule has 10 N–H and O–H groups in total. The molecule has 16 heteroatoms. The van der Waals surface area contributed by atoms with E-state index in [4.69, 9.17) is 11.5 Å². The molecule has 1 aromatic carbocycles. The Labute approximate surface area is 293 Å². The molecule has 0 aliphatic carbocycles. The lowest BCUT2D eigenvalue weighted by atomic mass is 9.94. The first-order valence-electron chi connectivity index (χ1n) is 16.7. The van der Waals surface area contributed by atoms with Crippen molar-refractivity contribution in [2.45, 2.75) is 103 Å². The van der Waals surface area contributed by atoms with Gasteiger partial charge in [0.15, 0.2) is 5.96 Å². The summed E-state index contributed by atoms with van der Waals surface area (Å²) in [4.78, 5) is 85.6. The Hall–Kier alpha value is -4.34. The van der Waals surface area contributed by atoms with Crippen molar-refractivity contribution < 1.29 is 28.8 Å². The highest BCUT2D eigenvalue weighted by molar-refractivity contribution is 7.80. The van der Waals surface area contributed by atoms with Crippen molar-refractivity contribution in [3.8, 4) is 0 Å². The van der Waals surface area contributed by atoms with Crippen LogP contribution in [0.1, 0.15) is 65.9 Å². The number of amides is 6. The van der Waals surface area contributed by atoms with Crippen LogP contribution >= 0.6 is 12.6 Å². The number of aliphatic imine (C=N–C) groups is 1. The molecule has 0 radical (unpaired) electrons. The van der Waals surface area contributed by atoms with E-state index in [-0.39, 0.29) is 42.9 Å². The highest BCUT2D eigenvalue weighted by Crippen LogP contribution is 2.14. The second kappa shape index (κ2) is 20.2. The monoisotopic (exact) mass is 703 g/mol. The van der Waals surface area contributed by atoms with Gasteiger partial charge in [-0.25, -0.2) is 0 Å². The van der Waals surface area contributed by atoms with E-state index in [1.54, 1.807) is 38.1 Å². The van der Waals surface area contributed by atoms with E-state index in [1.165, 1.54) is 6.92 Å². The van der Waals surface area contributed by atoms with Gasteiger partial charge in [0, 0.05) is 18.7 Å². The molecule has 0 saturated carbocycles. The minimum Gasteiger partial charge on any atom is -0.370 e. The topological polar surface area (TPSA) is 239 Å². The van der Waals surface area contributed by atoms with Crippen LogP contribution in [-0.2, 0) is 35.2 Å². The Kier molecular flexibility index (Phi) is 16.9. The minimum atomic E-state index is -1.19. The Morgan fingerprint density at radius 1 is 0.714 bits per heavy atom. The third kappa shape index (κ3) is 12.9. The Morgan fingerprint density at radius 3 is 1.76 bits per heavy atom. The number of thiol groups is 1. The second-order valence-electron chi connectivity index (χ2n) is 12.5. The largest absolute Gasteiger partial charge is 0.370 e. The van der Waals surface area contributed by atoms with E-state index >= 15 is 0 Å². The van der Waals surface area contributed by atoms with Crippen molar-refractivity contribution in [2.75, 3.05) is 12.3 Å². The lowest BCUT2D eigenvalue weighted by Crippen LogP contribution is -2.63. The summed E-state index contributed by atoms with van der Waals surface area (Å²) in [7, 11) is 0. The van der Waals surface area contributed by atoms with Crippen molar-refractivity contribution in [2.24, 2.45) is 28.3 Å². The summed E-state index contributed by atoms with van der Waals surface area (Å²) in [6, 6.07) is 2.35. The first-order valence-corrected chi connectivity index (χ1v) is 17.4. The molecule has 0 bridgehead atoms. The zero-order chi connectivity index (χ0) is 36.7. The fourth-order valence-corrected chi connectivity index (χ4v) is 5.39. The number of nitrogens with one attached hydrogen (secondary N) is 6. The van der Waals surface area contributed by atoms with Crippen LogP contribution in [0.25, 0.3) is 0 Å². The molecule has 0 unspecified atom stereocenters. The predicted octanol–water partition coefficient (Wildman–Crippen LogP) is -0.753. The maximum Gasteiger partial charge on any atom is 0.244 e. The third-order valence-electron chi connectivity index (χ3n) is 8.65. The lowest BCUT2D eigenvalue weighted by Gasteiger charge is -2.31. The molecule has 1 aliphatic rings. The Balaban J connectivity index is 2.57. The number of rotatable bonds is 11. The normalized spacial score (nSPS) is 25.9. The number of benzene rings is 1. The highest BCUT2D eigenvalue weighted by Gasteiger charge is 2.36. The van der Waals surface area contributed by atoms with Crippen LogP contribution in [0.2, 0.25) is 0 Å². The highest BCUT2D eigenvalue weighted by atomic mass is 32.1. The van der Waals surface area contributed by atoms with Crippen LogP contribution in [0.3, 0.4) is 0 Å². The average Bonchev–Trinajstić information content (AvgIpc) is 3.07. The summed E-state index contributed by atoms with van der Waals surface area (Å²) in [5, 5.41) is 16.3. The zero-order valence-corrected chi connectivity index (χ0v) is 29.8. The van der Waals surface area contributed by atoms with Crippen LogP contribution in [0.4, 0.5) is 0 Å². The fourth-order valence-electron chi connectivity index (χ4n) is 5.14. The van der Waals surface area contributed by atoms with Crippen molar-refractivity contribution >= 4 is 54.0 Å². The molecule has 272 valence electrons. The van der Waals surface area contributed by atoms with Crippen LogP contribution in [0, 0.1) is 11.8 Å². The van der Waals surface area contributed by atoms with E-state index in [1.807, 2.05) is 19.9 Å². The van der Waals surface area contributed by atoms with Crippen LogP contribution in [0.5, 0.6) is 0 Å². The van der Waals surface area contributed by atoms with Crippen molar-refractivity contribution in [3.05, 3.63) is 35.9 Å². The zero-order valence-electron chi connectivity index (χ0n) is 29.0. The van der Waals surface area contributed by atoms with Gasteiger partial charge in [0.05, 0.1) is 0 Å². The van der Waals surface area contributed by atoms with Gasteiger partial charge >= 0.3 is 0 Å². The van der Waals surface area contributed by atoms with E-state index in [2.05, 4.69) is 49.5 Å². The van der Waals surface area contributed by atoms with E-state index in [9.17, 15) is 28.8 Å². The molecule has 1 heterocycles. The summed E-state index contributed by atoms with van der Waals surface area (Å²) in [5.74, 6) is -4.77. The summed E-state index contributed by atoms with van der Waals surface area (Å²) in [6.45, 7) is 8.94. The summed E-state index contributed by atoms with van der Waals surface area (Å²) in [6.07, 6.45) is 1.52. The van der Waals surface area contributed by atoms with E-state index in [0.717, 1.165) is 5.56 Å². The molecule has 1 fully saturated rings. The molecular formula is C33H53N9O6S. The molecule has 1 aliphatic heterocycles. The second-order valence-corrected chi connectivity index (χ2v) is 12.8. The average molecular weight is 704 g/mol. The molecule has 2 rings (SSSR count). The van der Waals surface area contributed by atoms with Gasteiger partial charge < -0.3 is 43.4 Å². The number of guanidine groups is 1. The van der Waals surface area contributed by atoms with Crippen molar-refractivity contribution in [3.63, 3.8) is 0 Å². The standard InChI is InChI=1S/C33H53N9O6S/c1-6-18(3)25-31(47)39-23(16-21-12-9-8-10-13-21)29(45)40-24(17-49)30(46)38-22(14-11-15-36-33(34)35)28(44)37-20(5)27(43)41-26(19(4)7-2)32(48)42-25/h8-10,12-13,18-20,22-26,49H,6-7,11,14-17H2,1-5H3,(H,37,44)(H,38,46)(H,39,47)(H,40,45)(H,41,43)(H,42,48)(H4,34,35,36)/t18-,19-,20-,22-,23-,24-,25-,26-/m0/s1. The number of nitrogens with two attached hydrogens (primary N) is 2. The van der Waals surface area contributed by atoms with Gasteiger partial charge in [-0.1, -0.05) is 70.9 Å². The van der Waals surface area contributed by atoms with Gasteiger partial charge in [-0.05, 0) is 37.2 Å². The first-order chi connectivity index (χ1) is 23.2. The van der Waals surface area contributed by atoms with Gasteiger partial charge in [0.2, 0.25) is 35.4 Å². The van der Waals surface area contributed by atoms with Crippen LogP contribution in [-0.4, -0.2) is 90.0 Å². The van der Waals surface area contributed by atoms with Crippen molar-refractivity contribution in [1.82, 2.24) is 31.9 Å². The smallest absolute Gasteiger partial charge is 0.244 e. The molecule has 0 spiro atoms. The number of carbonyl (C=O) groups is 6. The first kappa shape index (κ1) is 40.8. The minimum absolute atomic E-state index is 0.0831.